The van der Waals surface area contributed by atoms with E-state index in [1.54, 1.807) is 24.9 Å². The van der Waals surface area contributed by atoms with E-state index in [4.69, 9.17) is 0 Å². The molecule has 0 spiro atoms. The highest BCUT2D eigenvalue weighted by atomic mass is 79.9. The number of rotatable bonds is 3. The van der Waals surface area contributed by atoms with Crippen LogP contribution in [-0.4, -0.2) is 10.1 Å². The second kappa shape index (κ2) is 5.67. The minimum absolute atomic E-state index is 0.514. The number of aliphatic hydroxyl groups is 1. The third-order valence-electron chi connectivity index (χ3n) is 2.22. The topological polar surface area (TPSA) is 33.1 Å². The summed E-state index contributed by atoms with van der Waals surface area (Å²) in [5, 5.41) is 9.37. The van der Waals surface area contributed by atoms with Gasteiger partial charge in [0.15, 0.2) is 0 Å². The normalized spacial score (nSPS) is 12.4. The van der Waals surface area contributed by atoms with Crippen LogP contribution in [0.25, 0.3) is 0 Å². The molecule has 0 amide bonds. The van der Waals surface area contributed by atoms with Gasteiger partial charge in [-0.2, -0.15) is 0 Å². The van der Waals surface area contributed by atoms with Gasteiger partial charge in [0, 0.05) is 20.5 Å². The lowest BCUT2D eigenvalue weighted by molar-refractivity contribution is 0.194. The summed E-state index contributed by atoms with van der Waals surface area (Å²) in [7, 11) is 0. The van der Waals surface area contributed by atoms with Crippen LogP contribution >= 0.6 is 27.7 Å². The molecule has 0 aliphatic rings. The Morgan fingerprint density at radius 2 is 2.06 bits per heavy atom. The van der Waals surface area contributed by atoms with Gasteiger partial charge in [-0.15, -0.1) is 0 Å². The van der Waals surface area contributed by atoms with Gasteiger partial charge in [-0.3, -0.25) is 4.98 Å². The first-order chi connectivity index (χ1) is 8.15. The van der Waals surface area contributed by atoms with Gasteiger partial charge in [-0.1, -0.05) is 33.8 Å². The Labute approximate surface area is 113 Å². The second-order valence-corrected chi connectivity index (χ2v) is 5.72. The Kier molecular flexibility index (Phi) is 4.20. The van der Waals surface area contributed by atoms with Crippen LogP contribution in [0, 0.1) is 0 Å². The zero-order chi connectivity index (χ0) is 12.3. The lowest BCUT2D eigenvalue weighted by atomic mass is 10.2. The fraction of sp³-hybridized carbons (Fsp3) is 0.154. The number of hydrogen-bond donors (Lipinski definition) is 1. The molecule has 0 unspecified atom stereocenters. The van der Waals surface area contributed by atoms with Crippen LogP contribution in [0.4, 0.5) is 0 Å². The van der Waals surface area contributed by atoms with Crippen LogP contribution in [0.5, 0.6) is 0 Å². The van der Waals surface area contributed by atoms with Gasteiger partial charge in [-0.05, 0) is 37.3 Å². The summed E-state index contributed by atoms with van der Waals surface area (Å²) >= 11 is 5.09. The van der Waals surface area contributed by atoms with E-state index < -0.39 is 6.10 Å². The summed E-state index contributed by atoms with van der Waals surface area (Å²) in [5.41, 5.74) is 0.698. The molecule has 0 aliphatic carbocycles. The largest absolute Gasteiger partial charge is 0.387 e. The fourth-order valence-corrected chi connectivity index (χ4v) is 2.76. The van der Waals surface area contributed by atoms with Gasteiger partial charge in [0.25, 0.3) is 0 Å². The van der Waals surface area contributed by atoms with Crippen LogP contribution < -0.4 is 0 Å². The molecule has 4 heteroatoms. The van der Waals surface area contributed by atoms with Gasteiger partial charge in [0.05, 0.1) is 11.8 Å². The van der Waals surface area contributed by atoms with Crippen molar-refractivity contribution in [3.63, 3.8) is 0 Å². The van der Waals surface area contributed by atoms with Crippen molar-refractivity contribution in [1.82, 2.24) is 4.98 Å². The Hall–Kier alpha value is -0.840. The van der Waals surface area contributed by atoms with Crippen molar-refractivity contribution in [2.24, 2.45) is 0 Å². The SMILES string of the molecule is C[C@H](O)c1ccc(Sc2cccc(Br)c2)cn1. The maximum Gasteiger partial charge on any atom is 0.0931 e. The van der Waals surface area contributed by atoms with Crippen molar-refractivity contribution in [2.75, 3.05) is 0 Å². The second-order valence-electron chi connectivity index (χ2n) is 3.65. The summed E-state index contributed by atoms with van der Waals surface area (Å²) in [6.07, 6.45) is 1.27. The summed E-state index contributed by atoms with van der Waals surface area (Å²) in [5.74, 6) is 0. The van der Waals surface area contributed by atoms with E-state index in [1.807, 2.05) is 24.3 Å². The highest BCUT2D eigenvalue weighted by Crippen LogP contribution is 2.29. The van der Waals surface area contributed by atoms with Crippen LogP contribution in [0.2, 0.25) is 0 Å². The highest BCUT2D eigenvalue weighted by molar-refractivity contribution is 9.10. The molecular formula is C13H12BrNOS. The van der Waals surface area contributed by atoms with Crippen molar-refractivity contribution in [2.45, 2.75) is 22.8 Å². The van der Waals surface area contributed by atoms with E-state index in [0.717, 1.165) is 14.3 Å². The van der Waals surface area contributed by atoms with Gasteiger partial charge in [0.2, 0.25) is 0 Å². The quantitative estimate of drug-likeness (QED) is 0.928. The van der Waals surface area contributed by atoms with Crippen molar-refractivity contribution >= 4 is 27.7 Å². The van der Waals surface area contributed by atoms with E-state index in [9.17, 15) is 5.11 Å². The maximum absolute atomic E-state index is 9.37. The number of benzene rings is 1. The molecule has 1 atom stereocenters. The van der Waals surface area contributed by atoms with Crippen molar-refractivity contribution < 1.29 is 5.11 Å². The molecular weight excluding hydrogens is 298 g/mol. The smallest absolute Gasteiger partial charge is 0.0931 e. The van der Waals surface area contributed by atoms with Crippen LogP contribution in [-0.2, 0) is 0 Å². The van der Waals surface area contributed by atoms with Crippen LogP contribution in [0.15, 0.2) is 56.9 Å². The number of pyridine rings is 1. The average molecular weight is 310 g/mol. The van der Waals surface area contributed by atoms with Crippen LogP contribution in [0.3, 0.4) is 0 Å². The minimum Gasteiger partial charge on any atom is -0.387 e. The molecule has 0 fully saturated rings. The summed E-state index contributed by atoms with van der Waals surface area (Å²) < 4.78 is 1.07. The highest BCUT2D eigenvalue weighted by Gasteiger charge is 2.03. The third-order valence-corrected chi connectivity index (χ3v) is 3.68. The summed E-state index contributed by atoms with van der Waals surface area (Å²) in [4.78, 5) is 6.44. The molecule has 0 bridgehead atoms. The van der Waals surface area contributed by atoms with Crippen molar-refractivity contribution in [3.8, 4) is 0 Å². The molecule has 0 saturated heterocycles. The maximum atomic E-state index is 9.37. The molecule has 2 aromatic rings. The molecule has 2 rings (SSSR count). The average Bonchev–Trinajstić information content (AvgIpc) is 2.29. The zero-order valence-electron chi connectivity index (χ0n) is 9.30. The Morgan fingerprint density at radius 1 is 1.24 bits per heavy atom. The number of nitrogens with zero attached hydrogens (tertiary/aromatic N) is 1. The lowest BCUT2D eigenvalue weighted by Crippen LogP contribution is -1.94. The van der Waals surface area contributed by atoms with E-state index >= 15 is 0 Å². The van der Waals surface area contributed by atoms with Gasteiger partial charge >= 0.3 is 0 Å². The molecule has 1 heterocycles. The molecule has 1 aromatic heterocycles. The first-order valence-corrected chi connectivity index (χ1v) is 6.83. The zero-order valence-corrected chi connectivity index (χ0v) is 11.7. The minimum atomic E-state index is -0.514. The first-order valence-electron chi connectivity index (χ1n) is 5.22. The molecule has 0 saturated carbocycles. The van der Waals surface area contributed by atoms with E-state index in [1.165, 1.54) is 0 Å². The Balaban J connectivity index is 2.14. The molecule has 17 heavy (non-hydrogen) atoms. The van der Waals surface area contributed by atoms with E-state index in [0.29, 0.717) is 5.69 Å². The Bertz CT molecular complexity index is 499. The number of halogens is 1. The number of hydrogen-bond acceptors (Lipinski definition) is 3. The standard InChI is InChI=1S/C13H12BrNOS/c1-9(16)13-6-5-12(8-15-13)17-11-4-2-3-10(14)7-11/h2-9,16H,1H3/t9-/m0/s1. The predicted molar refractivity (Wildman–Crippen MR) is 73.1 cm³/mol. The lowest BCUT2D eigenvalue weighted by Gasteiger charge is -2.05. The molecule has 0 aliphatic heterocycles. The first kappa shape index (κ1) is 12.6. The van der Waals surface area contributed by atoms with Gasteiger partial charge in [-0.25, -0.2) is 0 Å². The summed E-state index contributed by atoms with van der Waals surface area (Å²) in [6.45, 7) is 1.71. The summed E-state index contributed by atoms with van der Waals surface area (Å²) in [6, 6.07) is 11.9. The predicted octanol–water partition coefficient (Wildman–Crippen LogP) is 4.05. The molecule has 0 radical (unpaired) electrons. The fourth-order valence-electron chi connectivity index (χ4n) is 1.37. The number of aromatic nitrogens is 1. The van der Waals surface area contributed by atoms with Crippen molar-refractivity contribution in [3.05, 3.63) is 52.8 Å². The van der Waals surface area contributed by atoms with E-state index in [-0.39, 0.29) is 0 Å². The third kappa shape index (κ3) is 3.56. The van der Waals surface area contributed by atoms with E-state index in [2.05, 4.69) is 33.0 Å². The van der Waals surface area contributed by atoms with Gasteiger partial charge in [0.1, 0.15) is 0 Å². The van der Waals surface area contributed by atoms with Crippen molar-refractivity contribution in [1.29, 1.82) is 0 Å². The molecule has 2 nitrogen and oxygen atoms in total. The Morgan fingerprint density at radius 3 is 2.65 bits per heavy atom. The van der Waals surface area contributed by atoms with Gasteiger partial charge < -0.3 is 5.11 Å². The number of aliphatic hydroxyl groups excluding tert-OH is 1. The molecule has 1 N–H and O–H groups in total. The monoisotopic (exact) mass is 309 g/mol. The molecule has 88 valence electrons. The van der Waals surface area contributed by atoms with Crippen LogP contribution in [0.1, 0.15) is 18.7 Å². The molecule has 1 aromatic carbocycles.